The molecular weight excluding hydrogens is 276 g/mol. The fourth-order valence-corrected chi connectivity index (χ4v) is 3.16. The summed E-state index contributed by atoms with van der Waals surface area (Å²) in [6.45, 7) is 6.77. The van der Waals surface area contributed by atoms with E-state index in [0.717, 1.165) is 22.8 Å². The van der Waals surface area contributed by atoms with E-state index in [2.05, 4.69) is 23.6 Å². The second-order valence-electron chi connectivity index (χ2n) is 5.71. The lowest BCUT2D eigenvalue weighted by molar-refractivity contribution is 0.200. The van der Waals surface area contributed by atoms with Crippen molar-refractivity contribution >= 4 is 33.6 Å². The predicted molar refractivity (Wildman–Crippen MR) is 90.8 cm³/mol. The third-order valence-electron chi connectivity index (χ3n) is 4.07. The number of para-hydroxylation sites is 1. The molecular formula is C18H20N2O2. The Morgan fingerprint density at radius 3 is 2.45 bits per heavy atom. The zero-order valence-electron chi connectivity index (χ0n) is 13.1. The van der Waals surface area contributed by atoms with Crippen molar-refractivity contribution in [2.45, 2.75) is 33.4 Å². The van der Waals surface area contributed by atoms with Crippen LogP contribution in [0.5, 0.6) is 0 Å². The van der Waals surface area contributed by atoms with Gasteiger partial charge in [0.15, 0.2) is 0 Å². The van der Waals surface area contributed by atoms with Crippen LogP contribution in [0.1, 0.15) is 20.8 Å². The first-order chi connectivity index (χ1) is 10.5. The van der Waals surface area contributed by atoms with Gasteiger partial charge in [0.25, 0.3) is 0 Å². The number of fused-ring (bicyclic) bond motifs is 3. The Labute approximate surface area is 129 Å². The van der Waals surface area contributed by atoms with Gasteiger partial charge in [-0.3, -0.25) is 4.90 Å². The quantitative estimate of drug-likeness (QED) is 0.761. The van der Waals surface area contributed by atoms with E-state index >= 15 is 0 Å². The second-order valence-corrected chi connectivity index (χ2v) is 5.71. The van der Waals surface area contributed by atoms with Gasteiger partial charge in [0.05, 0.1) is 0 Å². The molecule has 0 aliphatic heterocycles. The maximum atomic E-state index is 11.5. The third-order valence-corrected chi connectivity index (χ3v) is 4.07. The van der Waals surface area contributed by atoms with E-state index in [1.54, 1.807) is 0 Å². The number of aryl methyl sites for hydroxylation is 1. The summed E-state index contributed by atoms with van der Waals surface area (Å²) in [6, 6.07) is 14.0. The Balaban J connectivity index is 2.30. The number of aromatic nitrogens is 1. The first-order valence-electron chi connectivity index (χ1n) is 7.57. The molecule has 0 aliphatic rings. The highest BCUT2D eigenvalue weighted by Crippen LogP contribution is 2.32. The highest BCUT2D eigenvalue weighted by molar-refractivity contribution is 6.09. The number of hydrogen-bond acceptors (Lipinski definition) is 1. The van der Waals surface area contributed by atoms with Crippen molar-refractivity contribution < 1.29 is 9.90 Å². The monoisotopic (exact) mass is 296 g/mol. The van der Waals surface area contributed by atoms with Gasteiger partial charge >= 0.3 is 6.09 Å². The highest BCUT2D eigenvalue weighted by atomic mass is 16.4. The fraction of sp³-hybridized carbons (Fsp3) is 0.278. The van der Waals surface area contributed by atoms with Crippen LogP contribution in [0.15, 0.2) is 42.5 Å². The normalized spacial score (nSPS) is 11.5. The Bertz CT molecular complexity index is 849. The van der Waals surface area contributed by atoms with Crippen LogP contribution in [-0.2, 0) is 6.54 Å². The molecule has 0 bridgehead atoms. The molecule has 0 radical (unpaired) electrons. The molecule has 2 aromatic carbocycles. The van der Waals surface area contributed by atoms with E-state index in [1.807, 2.05) is 44.2 Å². The molecule has 0 atom stereocenters. The van der Waals surface area contributed by atoms with E-state index in [9.17, 15) is 9.90 Å². The molecule has 3 rings (SSSR count). The van der Waals surface area contributed by atoms with Crippen LogP contribution in [0, 0.1) is 0 Å². The average molecular weight is 296 g/mol. The molecule has 0 spiro atoms. The van der Waals surface area contributed by atoms with Gasteiger partial charge in [-0.1, -0.05) is 18.2 Å². The van der Waals surface area contributed by atoms with Crippen LogP contribution in [0.4, 0.5) is 10.5 Å². The summed E-state index contributed by atoms with van der Waals surface area (Å²) in [5.41, 5.74) is 3.04. The summed E-state index contributed by atoms with van der Waals surface area (Å²) in [4.78, 5) is 12.9. The molecule has 1 heterocycles. The summed E-state index contributed by atoms with van der Waals surface area (Å²) < 4.78 is 2.26. The van der Waals surface area contributed by atoms with Gasteiger partial charge < -0.3 is 9.67 Å². The predicted octanol–water partition coefficient (Wildman–Crippen LogP) is 4.71. The topological polar surface area (TPSA) is 45.5 Å². The summed E-state index contributed by atoms with van der Waals surface area (Å²) >= 11 is 0. The van der Waals surface area contributed by atoms with Crippen LogP contribution in [0.2, 0.25) is 0 Å². The van der Waals surface area contributed by atoms with Crippen LogP contribution in [0.3, 0.4) is 0 Å². The molecule has 4 heteroatoms. The van der Waals surface area contributed by atoms with Crippen molar-refractivity contribution in [2.24, 2.45) is 0 Å². The van der Waals surface area contributed by atoms with Gasteiger partial charge in [-0.2, -0.15) is 0 Å². The lowest BCUT2D eigenvalue weighted by atomic mass is 10.1. The second kappa shape index (κ2) is 5.37. The van der Waals surface area contributed by atoms with Gasteiger partial charge in [-0.25, -0.2) is 4.79 Å². The first-order valence-corrected chi connectivity index (χ1v) is 7.57. The molecule has 0 aliphatic carbocycles. The van der Waals surface area contributed by atoms with Gasteiger partial charge in [0.2, 0.25) is 0 Å². The van der Waals surface area contributed by atoms with Crippen molar-refractivity contribution in [3.63, 3.8) is 0 Å². The van der Waals surface area contributed by atoms with Crippen LogP contribution >= 0.6 is 0 Å². The minimum absolute atomic E-state index is 0.102. The molecule has 1 N–H and O–H groups in total. The number of hydrogen-bond donors (Lipinski definition) is 1. The molecule has 114 valence electrons. The van der Waals surface area contributed by atoms with Crippen LogP contribution in [0.25, 0.3) is 21.8 Å². The Morgan fingerprint density at radius 2 is 1.82 bits per heavy atom. The zero-order valence-corrected chi connectivity index (χ0v) is 13.1. The number of amides is 1. The van der Waals surface area contributed by atoms with E-state index in [1.165, 1.54) is 10.4 Å². The molecule has 4 nitrogen and oxygen atoms in total. The summed E-state index contributed by atoms with van der Waals surface area (Å²) in [7, 11) is 0. The minimum atomic E-state index is -0.923. The minimum Gasteiger partial charge on any atom is -0.465 e. The molecule has 22 heavy (non-hydrogen) atoms. The lowest BCUT2D eigenvalue weighted by Crippen LogP contribution is -2.35. The summed E-state index contributed by atoms with van der Waals surface area (Å²) in [5, 5.41) is 11.7. The number of carbonyl (C=O) groups is 1. The first kappa shape index (κ1) is 14.4. The molecule has 1 amide bonds. The number of benzene rings is 2. The van der Waals surface area contributed by atoms with Gasteiger partial charge in [0, 0.05) is 40.1 Å². The van der Waals surface area contributed by atoms with Gasteiger partial charge in [0.1, 0.15) is 0 Å². The zero-order chi connectivity index (χ0) is 15.9. The molecule has 0 saturated heterocycles. The molecule has 1 aromatic heterocycles. The van der Waals surface area contributed by atoms with Crippen molar-refractivity contribution in [3.8, 4) is 0 Å². The van der Waals surface area contributed by atoms with E-state index < -0.39 is 6.09 Å². The van der Waals surface area contributed by atoms with Crippen molar-refractivity contribution in [2.75, 3.05) is 4.90 Å². The maximum Gasteiger partial charge on any atom is 0.412 e. The van der Waals surface area contributed by atoms with E-state index in [4.69, 9.17) is 0 Å². The molecule has 3 aromatic rings. The number of nitrogens with zero attached hydrogens (tertiary/aromatic N) is 2. The van der Waals surface area contributed by atoms with E-state index in [-0.39, 0.29) is 6.04 Å². The number of rotatable bonds is 3. The maximum absolute atomic E-state index is 11.5. The summed E-state index contributed by atoms with van der Waals surface area (Å²) in [6.07, 6.45) is -0.923. The molecule has 0 fully saturated rings. The number of carboxylic acid groups (broad SMARTS) is 1. The largest absolute Gasteiger partial charge is 0.465 e. The van der Waals surface area contributed by atoms with Gasteiger partial charge in [-0.05, 0) is 45.0 Å². The van der Waals surface area contributed by atoms with Crippen LogP contribution in [-0.4, -0.2) is 21.8 Å². The Hall–Kier alpha value is -2.49. The Morgan fingerprint density at radius 1 is 1.14 bits per heavy atom. The smallest absolute Gasteiger partial charge is 0.412 e. The Kier molecular flexibility index (Phi) is 3.53. The lowest BCUT2D eigenvalue weighted by Gasteiger charge is -2.23. The van der Waals surface area contributed by atoms with Crippen LogP contribution < -0.4 is 4.90 Å². The summed E-state index contributed by atoms with van der Waals surface area (Å²) in [5.74, 6) is 0. The van der Waals surface area contributed by atoms with E-state index in [0.29, 0.717) is 5.69 Å². The number of anilines is 1. The standard InChI is InChI=1S/C18H20N2O2/c1-4-19-16-8-6-5-7-14(16)15-11-13(9-10-17(15)19)20(12(2)3)18(21)22/h5-12H,4H2,1-3H3,(H,21,22). The van der Waals surface area contributed by atoms with Crippen molar-refractivity contribution in [1.29, 1.82) is 0 Å². The average Bonchev–Trinajstić information content (AvgIpc) is 2.80. The highest BCUT2D eigenvalue weighted by Gasteiger charge is 2.19. The van der Waals surface area contributed by atoms with Gasteiger partial charge in [-0.15, -0.1) is 0 Å². The molecule has 0 saturated carbocycles. The van der Waals surface area contributed by atoms with Crippen molar-refractivity contribution in [1.82, 2.24) is 4.57 Å². The molecule has 0 unspecified atom stereocenters. The SMILES string of the molecule is CCn1c2ccccc2c2cc(N(C(=O)O)C(C)C)ccc21. The third kappa shape index (κ3) is 2.11. The van der Waals surface area contributed by atoms with Crippen molar-refractivity contribution in [3.05, 3.63) is 42.5 Å². The fourth-order valence-electron chi connectivity index (χ4n) is 3.16.